The molecule has 4 N–H and O–H groups in total. The third-order valence-corrected chi connectivity index (χ3v) is 3.95. The fourth-order valence-corrected chi connectivity index (χ4v) is 2.72. The molecule has 0 aromatic carbocycles. The van der Waals surface area contributed by atoms with Gasteiger partial charge in [0.25, 0.3) is 0 Å². The highest BCUT2D eigenvalue weighted by Gasteiger charge is 2.28. The number of carbonyl (C=O) groups excluding carboxylic acids is 1. The van der Waals surface area contributed by atoms with Gasteiger partial charge < -0.3 is 16.2 Å². The van der Waals surface area contributed by atoms with Crippen LogP contribution in [0.3, 0.4) is 0 Å². The zero-order valence-corrected chi connectivity index (χ0v) is 11.5. The lowest BCUT2D eigenvalue weighted by Gasteiger charge is -2.27. The van der Waals surface area contributed by atoms with E-state index in [4.69, 9.17) is 10.8 Å². The Morgan fingerprint density at radius 1 is 1.50 bits per heavy atom. The molecule has 0 saturated heterocycles. The summed E-state index contributed by atoms with van der Waals surface area (Å²) in [6.45, 7) is 0. The summed E-state index contributed by atoms with van der Waals surface area (Å²) in [6, 6.07) is -0.702. The molecule has 6 heteroatoms. The number of hydrogen-bond donors (Lipinski definition) is 3. The van der Waals surface area contributed by atoms with Crippen LogP contribution in [0.2, 0.25) is 0 Å². The maximum absolute atomic E-state index is 12.0. The number of nitrogens with two attached hydrogens (primary N) is 1. The lowest BCUT2D eigenvalue weighted by molar-refractivity contribution is -0.142. The summed E-state index contributed by atoms with van der Waals surface area (Å²) in [4.78, 5) is 23.0. The fourth-order valence-electron chi connectivity index (χ4n) is 2.25. The SMILES string of the molecule is CSCC[C@H](NC(=O)C1CCCC(N)C1)C(=O)O. The Kier molecular flexibility index (Phi) is 6.49. The first-order valence-corrected chi connectivity index (χ1v) is 7.71. The number of rotatable bonds is 6. The first-order valence-electron chi connectivity index (χ1n) is 6.32. The van der Waals surface area contributed by atoms with Crippen LogP contribution in [-0.2, 0) is 9.59 Å². The second-order valence-corrected chi connectivity index (χ2v) is 5.79. The number of nitrogens with one attached hydrogen (secondary N) is 1. The topological polar surface area (TPSA) is 92.4 Å². The van der Waals surface area contributed by atoms with Crippen molar-refractivity contribution in [2.75, 3.05) is 12.0 Å². The molecule has 1 aliphatic carbocycles. The lowest BCUT2D eigenvalue weighted by atomic mass is 9.85. The van der Waals surface area contributed by atoms with E-state index in [1.807, 2.05) is 6.26 Å². The molecule has 0 radical (unpaired) electrons. The zero-order valence-electron chi connectivity index (χ0n) is 10.7. The van der Waals surface area contributed by atoms with Gasteiger partial charge in [-0.25, -0.2) is 4.79 Å². The molecular weight excluding hydrogens is 252 g/mol. The van der Waals surface area contributed by atoms with Gasteiger partial charge in [0, 0.05) is 12.0 Å². The average Bonchev–Trinajstić information content (AvgIpc) is 2.33. The van der Waals surface area contributed by atoms with Gasteiger partial charge in [0.1, 0.15) is 6.04 Å². The molecule has 104 valence electrons. The highest BCUT2D eigenvalue weighted by Crippen LogP contribution is 2.23. The van der Waals surface area contributed by atoms with E-state index in [-0.39, 0.29) is 17.9 Å². The minimum atomic E-state index is -0.961. The Morgan fingerprint density at radius 2 is 2.22 bits per heavy atom. The molecule has 1 saturated carbocycles. The predicted octanol–water partition coefficient (Wildman–Crippen LogP) is 0.826. The van der Waals surface area contributed by atoms with Gasteiger partial charge in [0.05, 0.1) is 0 Å². The van der Waals surface area contributed by atoms with Crippen molar-refractivity contribution in [1.29, 1.82) is 0 Å². The van der Waals surface area contributed by atoms with Crippen molar-refractivity contribution in [3.63, 3.8) is 0 Å². The minimum absolute atomic E-state index is 0.0731. The van der Waals surface area contributed by atoms with Gasteiger partial charge in [-0.3, -0.25) is 4.79 Å². The van der Waals surface area contributed by atoms with Gasteiger partial charge >= 0.3 is 5.97 Å². The van der Waals surface area contributed by atoms with Crippen molar-refractivity contribution in [2.45, 2.75) is 44.2 Å². The highest BCUT2D eigenvalue weighted by molar-refractivity contribution is 7.98. The minimum Gasteiger partial charge on any atom is -0.480 e. The highest BCUT2D eigenvalue weighted by atomic mass is 32.2. The first kappa shape index (κ1) is 15.3. The van der Waals surface area contributed by atoms with E-state index in [1.165, 1.54) is 0 Å². The molecule has 0 heterocycles. The number of carboxylic acids is 1. The molecule has 0 spiro atoms. The van der Waals surface area contributed by atoms with Crippen LogP contribution in [0.5, 0.6) is 0 Å². The molecule has 1 rings (SSSR count). The van der Waals surface area contributed by atoms with E-state index >= 15 is 0 Å². The molecule has 0 aliphatic heterocycles. The summed E-state index contributed by atoms with van der Waals surface area (Å²) in [6.07, 6.45) is 5.76. The molecule has 2 unspecified atom stereocenters. The van der Waals surface area contributed by atoms with E-state index < -0.39 is 12.0 Å². The summed E-state index contributed by atoms with van der Waals surface area (Å²) >= 11 is 1.58. The van der Waals surface area contributed by atoms with E-state index in [1.54, 1.807) is 11.8 Å². The van der Waals surface area contributed by atoms with Crippen LogP contribution in [0.15, 0.2) is 0 Å². The largest absolute Gasteiger partial charge is 0.480 e. The summed E-state index contributed by atoms with van der Waals surface area (Å²) in [5, 5.41) is 11.7. The standard InChI is InChI=1S/C12H22N2O3S/c1-18-6-5-10(12(16)17)14-11(15)8-3-2-4-9(13)7-8/h8-10H,2-7,13H2,1H3,(H,14,15)(H,16,17)/t8?,9?,10-/m0/s1. The van der Waals surface area contributed by atoms with Crippen LogP contribution in [-0.4, -0.2) is 41.1 Å². The molecule has 0 aromatic heterocycles. The van der Waals surface area contributed by atoms with E-state index in [0.29, 0.717) is 12.8 Å². The van der Waals surface area contributed by atoms with E-state index in [0.717, 1.165) is 25.0 Å². The number of amides is 1. The summed E-state index contributed by atoms with van der Waals surface area (Å²) in [5.41, 5.74) is 5.83. The Bertz CT molecular complexity index is 299. The Balaban J connectivity index is 2.46. The van der Waals surface area contributed by atoms with Crippen molar-refractivity contribution in [3.05, 3.63) is 0 Å². The third kappa shape index (κ3) is 4.86. The second kappa shape index (κ2) is 7.63. The number of carboxylic acid groups (broad SMARTS) is 1. The van der Waals surface area contributed by atoms with Crippen LogP contribution in [0.25, 0.3) is 0 Å². The second-order valence-electron chi connectivity index (χ2n) is 4.80. The molecule has 1 amide bonds. The van der Waals surface area contributed by atoms with Crippen molar-refractivity contribution in [1.82, 2.24) is 5.32 Å². The summed E-state index contributed by atoms with van der Waals surface area (Å²) in [5.74, 6) is -0.512. The molecule has 1 fully saturated rings. The molecule has 0 bridgehead atoms. The number of aliphatic carboxylic acids is 1. The lowest BCUT2D eigenvalue weighted by Crippen LogP contribution is -2.46. The zero-order chi connectivity index (χ0) is 13.5. The average molecular weight is 274 g/mol. The molecular formula is C12H22N2O3S. The predicted molar refractivity (Wildman–Crippen MR) is 72.5 cm³/mol. The summed E-state index contributed by atoms with van der Waals surface area (Å²) < 4.78 is 0. The Hall–Kier alpha value is -0.750. The fraction of sp³-hybridized carbons (Fsp3) is 0.833. The van der Waals surface area contributed by atoms with Crippen LogP contribution in [0, 0.1) is 5.92 Å². The smallest absolute Gasteiger partial charge is 0.326 e. The maximum atomic E-state index is 12.0. The van der Waals surface area contributed by atoms with Gasteiger partial charge in [-0.15, -0.1) is 0 Å². The van der Waals surface area contributed by atoms with E-state index in [2.05, 4.69) is 5.32 Å². The van der Waals surface area contributed by atoms with Crippen molar-refractivity contribution in [3.8, 4) is 0 Å². The van der Waals surface area contributed by atoms with Gasteiger partial charge in [0.15, 0.2) is 0 Å². The van der Waals surface area contributed by atoms with Crippen LogP contribution >= 0.6 is 11.8 Å². The molecule has 1 aliphatic rings. The number of thioether (sulfide) groups is 1. The number of carbonyl (C=O) groups is 2. The quantitative estimate of drug-likeness (QED) is 0.667. The van der Waals surface area contributed by atoms with Gasteiger partial charge in [-0.2, -0.15) is 11.8 Å². The third-order valence-electron chi connectivity index (χ3n) is 3.31. The molecule has 18 heavy (non-hydrogen) atoms. The van der Waals surface area contributed by atoms with Crippen LogP contribution < -0.4 is 11.1 Å². The first-order chi connectivity index (χ1) is 8.54. The van der Waals surface area contributed by atoms with Crippen LogP contribution in [0.4, 0.5) is 0 Å². The summed E-state index contributed by atoms with van der Waals surface area (Å²) in [7, 11) is 0. The maximum Gasteiger partial charge on any atom is 0.326 e. The molecule has 3 atom stereocenters. The van der Waals surface area contributed by atoms with Gasteiger partial charge in [-0.05, 0) is 37.7 Å². The van der Waals surface area contributed by atoms with Crippen molar-refractivity contribution >= 4 is 23.6 Å². The monoisotopic (exact) mass is 274 g/mol. The number of hydrogen-bond acceptors (Lipinski definition) is 4. The Labute approximate surface area is 112 Å². The van der Waals surface area contributed by atoms with E-state index in [9.17, 15) is 9.59 Å². The molecule has 0 aromatic rings. The Morgan fingerprint density at radius 3 is 2.78 bits per heavy atom. The van der Waals surface area contributed by atoms with Crippen LogP contribution in [0.1, 0.15) is 32.1 Å². The van der Waals surface area contributed by atoms with Crippen molar-refractivity contribution < 1.29 is 14.7 Å². The molecule has 5 nitrogen and oxygen atoms in total. The van der Waals surface area contributed by atoms with Gasteiger partial charge in [0.2, 0.25) is 5.91 Å². The van der Waals surface area contributed by atoms with Gasteiger partial charge in [-0.1, -0.05) is 6.42 Å². The van der Waals surface area contributed by atoms with Crippen molar-refractivity contribution in [2.24, 2.45) is 11.7 Å². The normalized spacial score (nSPS) is 25.4.